The molecule has 2 aromatic rings. The molecule has 1 aliphatic heterocycles. The highest BCUT2D eigenvalue weighted by molar-refractivity contribution is 5.99. The topological polar surface area (TPSA) is 103 Å². The molecule has 0 bridgehead atoms. The number of hydrazine groups is 1. The van der Waals surface area contributed by atoms with E-state index in [9.17, 15) is 32.8 Å². The standard InChI is InChI=1S/C31H33F3N4O4.ClH/c1-20(40)28-22(17-42-2)16-27(41)38(30(28)21-14-25(32)29(34)26(33)15-21)37(19-39)13-12-36-24-8-10-31(18-35,11-9-24)23-6-4-3-5-7-23;/h3-7,14-15,19,24,30,36H,8-13,16-17H2,1-2H3;1H. The molecule has 2 amide bonds. The molecular formula is C31H34ClF3N4O4. The number of carbonyl (C=O) groups excluding carboxylic acids is 3. The van der Waals surface area contributed by atoms with Gasteiger partial charge in [0.1, 0.15) is 6.04 Å². The number of methoxy groups -OCH3 is 1. The van der Waals surface area contributed by atoms with Gasteiger partial charge in [0.25, 0.3) is 0 Å². The number of rotatable bonds is 11. The van der Waals surface area contributed by atoms with E-state index in [0.29, 0.717) is 24.8 Å². The second kappa shape index (κ2) is 14.6. The maximum Gasteiger partial charge on any atom is 0.246 e. The molecule has 1 saturated carbocycles. The normalized spacial score (nSPS) is 22.0. The van der Waals surface area contributed by atoms with Crippen molar-refractivity contribution >= 4 is 30.5 Å². The fourth-order valence-corrected chi connectivity index (χ4v) is 6.03. The van der Waals surface area contributed by atoms with Crippen LogP contribution >= 0.6 is 12.4 Å². The van der Waals surface area contributed by atoms with Gasteiger partial charge in [-0.3, -0.25) is 19.4 Å². The number of amides is 2. The first-order valence-electron chi connectivity index (χ1n) is 13.8. The van der Waals surface area contributed by atoms with Crippen LogP contribution in [0.2, 0.25) is 0 Å². The molecular weight excluding hydrogens is 585 g/mol. The number of ether oxygens (including phenoxy) is 1. The number of benzene rings is 2. The van der Waals surface area contributed by atoms with Crippen LogP contribution in [0.3, 0.4) is 0 Å². The Labute approximate surface area is 254 Å². The zero-order valence-corrected chi connectivity index (χ0v) is 24.8. The van der Waals surface area contributed by atoms with E-state index in [1.165, 1.54) is 14.0 Å². The van der Waals surface area contributed by atoms with Crippen LogP contribution in [0.4, 0.5) is 13.2 Å². The predicted octanol–water partition coefficient (Wildman–Crippen LogP) is 4.70. The highest BCUT2D eigenvalue weighted by atomic mass is 35.5. The number of halogens is 4. The summed E-state index contributed by atoms with van der Waals surface area (Å²) in [4.78, 5) is 38.5. The molecule has 1 N–H and O–H groups in total. The molecule has 1 heterocycles. The number of ketones is 1. The summed E-state index contributed by atoms with van der Waals surface area (Å²) < 4.78 is 47.6. The summed E-state index contributed by atoms with van der Waals surface area (Å²) in [5.74, 6) is -5.73. The molecule has 0 radical (unpaired) electrons. The first-order chi connectivity index (χ1) is 20.2. The zero-order valence-electron chi connectivity index (χ0n) is 23.9. The second-order valence-corrected chi connectivity index (χ2v) is 10.7. The van der Waals surface area contributed by atoms with E-state index < -0.39 is 40.6 Å². The highest BCUT2D eigenvalue weighted by Gasteiger charge is 2.41. The molecule has 43 heavy (non-hydrogen) atoms. The Kier molecular flexibility index (Phi) is 11.5. The fourth-order valence-electron chi connectivity index (χ4n) is 6.03. The van der Waals surface area contributed by atoms with Gasteiger partial charge >= 0.3 is 0 Å². The van der Waals surface area contributed by atoms with E-state index in [1.807, 2.05) is 30.3 Å². The van der Waals surface area contributed by atoms with Gasteiger partial charge in [-0.2, -0.15) is 5.26 Å². The van der Waals surface area contributed by atoms with Crippen LogP contribution in [0.1, 0.15) is 56.2 Å². The van der Waals surface area contributed by atoms with Crippen LogP contribution in [0.15, 0.2) is 53.6 Å². The SMILES string of the molecule is COCC1=C(C(C)=O)C(c2cc(F)c(F)c(F)c2)N(N(C=O)CCNC2CCC(C#N)(c3ccccc3)CC2)C(=O)C1.Cl. The molecule has 2 aromatic carbocycles. The molecule has 8 nitrogen and oxygen atoms in total. The Morgan fingerprint density at radius 1 is 1.19 bits per heavy atom. The third kappa shape index (κ3) is 7.09. The van der Waals surface area contributed by atoms with Crippen LogP contribution in [0, 0.1) is 28.8 Å². The van der Waals surface area contributed by atoms with Gasteiger partial charge < -0.3 is 10.1 Å². The average molecular weight is 619 g/mol. The Hall–Kier alpha value is -3.72. The van der Waals surface area contributed by atoms with Crippen LogP contribution < -0.4 is 5.32 Å². The van der Waals surface area contributed by atoms with Gasteiger partial charge in [-0.1, -0.05) is 30.3 Å². The van der Waals surface area contributed by atoms with Crippen molar-refractivity contribution in [3.05, 3.63) is 82.2 Å². The van der Waals surface area contributed by atoms with Crippen LogP contribution in [0.5, 0.6) is 0 Å². The van der Waals surface area contributed by atoms with Gasteiger partial charge in [0.05, 0.1) is 31.1 Å². The molecule has 4 rings (SSSR count). The van der Waals surface area contributed by atoms with Crippen LogP contribution in [-0.4, -0.2) is 61.0 Å². The largest absolute Gasteiger partial charge is 0.380 e. The molecule has 1 fully saturated rings. The lowest BCUT2D eigenvalue weighted by Gasteiger charge is -2.43. The van der Waals surface area contributed by atoms with Gasteiger partial charge in [-0.15, -0.1) is 12.4 Å². The maximum atomic E-state index is 14.3. The number of nitriles is 1. The third-order valence-corrected chi connectivity index (χ3v) is 8.09. The molecule has 0 aromatic heterocycles. The molecule has 2 aliphatic rings. The van der Waals surface area contributed by atoms with Gasteiger partial charge in [-0.05, 0) is 61.4 Å². The van der Waals surface area contributed by atoms with E-state index in [4.69, 9.17) is 4.74 Å². The van der Waals surface area contributed by atoms with Gasteiger partial charge in [0, 0.05) is 25.3 Å². The van der Waals surface area contributed by atoms with E-state index in [0.717, 1.165) is 40.6 Å². The second-order valence-electron chi connectivity index (χ2n) is 10.7. The summed E-state index contributed by atoms with van der Waals surface area (Å²) in [6, 6.07) is 12.3. The molecule has 1 aliphatic carbocycles. The van der Waals surface area contributed by atoms with Crippen molar-refractivity contribution in [2.45, 2.75) is 56.5 Å². The van der Waals surface area contributed by atoms with E-state index in [2.05, 4.69) is 11.4 Å². The number of Topliss-reactive ketones (excluding diaryl/α,β-unsaturated/α-hetero) is 1. The van der Waals surface area contributed by atoms with Crippen molar-refractivity contribution in [2.75, 3.05) is 26.8 Å². The maximum absolute atomic E-state index is 14.3. The lowest BCUT2D eigenvalue weighted by Crippen LogP contribution is -2.53. The van der Waals surface area contributed by atoms with Gasteiger partial charge in [-0.25, -0.2) is 18.2 Å². The van der Waals surface area contributed by atoms with Crippen molar-refractivity contribution in [3.8, 4) is 6.07 Å². The highest BCUT2D eigenvalue weighted by Crippen LogP contribution is 2.40. The van der Waals surface area contributed by atoms with E-state index >= 15 is 0 Å². The Morgan fingerprint density at radius 2 is 1.81 bits per heavy atom. The molecule has 1 atom stereocenters. The Balaban J connectivity index is 0.00000506. The van der Waals surface area contributed by atoms with Crippen LogP contribution in [0.25, 0.3) is 0 Å². The van der Waals surface area contributed by atoms with E-state index in [-0.39, 0.29) is 55.7 Å². The quantitative estimate of drug-likeness (QED) is 0.289. The zero-order chi connectivity index (χ0) is 30.4. The minimum atomic E-state index is -1.69. The summed E-state index contributed by atoms with van der Waals surface area (Å²) in [5.41, 5.74) is 0.592. The number of nitrogens with zero attached hydrogens (tertiary/aromatic N) is 3. The van der Waals surface area contributed by atoms with Crippen molar-refractivity contribution in [1.29, 1.82) is 5.26 Å². The summed E-state index contributed by atoms with van der Waals surface area (Å²) >= 11 is 0. The van der Waals surface area contributed by atoms with Crippen molar-refractivity contribution in [3.63, 3.8) is 0 Å². The lowest BCUT2D eigenvalue weighted by atomic mass is 9.69. The first-order valence-corrected chi connectivity index (χ1v) is 13.8. The number of hydrogen-bond acceptors (Lipinski definition) is 6. The smallest absolute Gasteiger partial charge is 0.246 e. The van der Waals surface area contributed by atoms with Gasteiger partial charge in [0.2, 0.25) is 12.3 Å². The van der Waals surface area contributed by atoms with Crippen molar-refractivity contribution < 1.29 is 32.3 Å². The van der Waals surface area contributed by atoms with Crippen molar-refractivity contribution in [2.24, 2.45) is 0 Å². The lowest BCUT2D eigenvalue weighted by molar-refractivity contribution is -0.162. The third-order valence-electron chi connectivity index (χ3n) is 8.09. The fraction of sp³-hybridized carbons (Fsp3) is 0.419. The minimum Gasteiger partial charge on any atom is -0.380 e. The summed E-state index contributed by atoms with van der Waals surface area (Å²) in [6.07, 6.45) is 2.93. The predicted molar refractivity (Wildman–Crippen MR) is 154 cm³/mol. The van der Waals surface area contributed by atoms with Crippen LogP contribution in [-0.2, 0) is 24.5 Å². The number of hydrogen-bond donors (Lipinski definition) is 1. The molecule has 12 heteroatoms. The first kappa shape index (κ1) is 33.8. The average Bonchev–Trinajstić information content (AvgIpc) is 2.99. The van der Waals surface area contributed by atoms with Crippen molar-refractivity contribution in [1.82, 2.24) is 15.3 Å². The summed E-state index contributed by atoms with van der Waals surface area (Å²) in [6.45, 7) is 1.42. The number of nitrogens with one attached hydrogen (secondary N) is 1. The van der Waals surface area contributed by atoms with E-state index in [1.54, 1.807) is 0 Å². The number of carbonyl (C=O) groups is 3. The molecule has 0 spiro atoms. The molecule has 1 unspecified atom stereocenters. The monoisotopic (exact) mass is 618 g/mol. The molecule has 230 valence electrons. The minimum absolute atomic E-state index is 0. The summed E-state index contributed by atoms with van der Waals surface area (Å²) in [5, 5.41) is 15.4. The Bertz CT molecular complexity index is 1380. The van der Waals surface area contributed by atoms with Gasteiger partial charge in [0.15, 0.2) is 23.2 Å². The molecule has 0 saturated heterocycles. The Morgan fingerprint density at radius 3 is 2.35 bits per heavy atom. The summed E-state index contributed by atoms with van der Waals surface area (Å²) in [7, 11) is 1.38.